The van der Waals surface area contributed by atoms with Gasteiger partial charge in [0.15, 0.2) is 5.82 Å². The van der Waals surface area contributed by atoms with E-state index in [0.29, 0.717) is 17.6 Å². The maximum absolute atomic E-state index is 12.3. The molecule has 0 unspecified atom stereocenters. The summed E-state index contributed by atoms with van der Waals surface area (Å²) in [5.41, 5.74) is 2.30. The number of pyridine rings is 1. The average Bonchev–Trinajstić information content (AvgIpc) is 2.48. The van der Waals surface area contributed by atoms with Gasteiger partial charge in [-0.1, -0.05) is 0 Å². The van der Waals surface area contributed by atoms with Gasteiger partial charge in [0.1, 0.15) is 4.90 Å². The predicted octanol–water partition coefficient (Wildman–Crippen LogP) is 0.457. The van der Waals surface area contributed by atoms with Gasteiger partial charge in [-0.3, -0.25) is 0 Å². The van der Waals surface area contributed by atoms with Gasteiger partial charge in [-0.25, -0.2) is 24.0 Å². The molecule has 0 amide bonds. The van der Waals surface area contributed by atoms with E-state index in [0.717, 1.165) is 24.6 Å². The highest BCUT2D eigenvalue weighted by atomic mass is 79.9. The molecule has 0 bridgehead atoms. The number of aromatic nitrogens is 1. The van der Waals surface area contributed by atoms with Crippen LogP contribution in [-0.4, -0.2) is 56.0 Å². The molecule has 1 saturated heterocycles. The lowest BCUT2D eigenvalue weighted by Gasteiger charge is -2.26. The maximum atomic E-state index is 12.3. The Morgan fingerprint density at radius 2 is 2.14 bits per heavy atom. The van der Waals surface area contributed by atoms with Crippen LogP contribution < -0.4 is 16.0 Å². The lowest BCUT2D eigenvalue weighted by atomic mass is 10.4. The van der Waals surface area contributed by atoms with E-state index in [1.54, 1.807) is 0 Å². The van der Waals surface area contributed by atoms with Crippen LogP contribution in [0.2, 0.25) is 0 Å². The minimum absolute atomic E-state index is 0.0357. The van der Waals surface area contributed by atoms with E-state index in [1.165, 1.54) is 12.3 Å². The highest BCUT2D eigenvalue weighted by molar-refractivity contribution is 9.10. The third-order valence-corrected chi connectivity index (χ3v) is 5.92. The topological polar surface area (TPSA) is 100 Å². The molecule has 0 spiro atoms. The van der Waals surface area contributed by atoms with Crippen LogP contribution in [0.4, 0.5) is 5.82 Å². The zero-order chi connectivity index (χ0) is 15.3. The van der Waals surface area contributed by atoms with E-state index in [9.17, 15) is 8.42 Å². The molecule has 1 fully saturated rings. The van der Waals surface area contributed by atoms with Gasteiger partial charge in [-0.2, -0.15) is 11.8 Å². The van der Waals surface area contributed by atoms with E-state index in [-0.39, 0.29) is 10.7 Å². The smallest absolute Gasteiger partial charge is 0.244 e. The normalized spacial score (nSPS) is 16.9. The standard InChI is InChI=1S/C11H18BrN5O2S2/c12-9-7-10(11(16-13)14-8-9)21(18,19)15-1-2-17-3-5-20-6-4-17/h7-8,15H,1-6,13H2,(H,14,16). The molecule has 0 atom stereocenters. The highest BCUT2D eigenvalue weighted by Gasteiger charge is 2.20. The Labute approximate surface area is 137 Å². The van der Waals surface area contributed by atoms with Crippen molar-refractivity contribution in [1.82, 2.24) is 14.6 Å². The van der Waals surface area contributed by atoms with Crippen molar-refractivity contribution in [1.29, 1.82) is 0 Å². The van der Waals surface area contributed by atoms with Crippen molar-refractivity contribution in [2.24, 2.45) is 5.84 Å². The van der Waals surface area contributed by atoms with Gasteiger partial charge in [-0.05, 0) is 22.0 Å². The van der Waals surface area contributed by atoms with Gasteiger partial charge in [-0.15, -0.1) is 0 Å². The summed E-state index contributed by atoms with van der Waals surface area (Å²) in [6.07, 6.45) is 1.49. The van der Waals surface area contributed by atoms with Gasteiger partial charge in [0.2, 0.25) is 10.0 Å². The molecule has 2 heterocycles. The molecule has 0 radical (unpaired) electrons. The summed E-state index contributed by atoms with van der Waals surface area (Å²) in [5.74, 6) is 7.64. The first-order valence-electron chi connectivity index (χ1n) is 6.45. The van der Waals surface area contributed by atoms with Crippen molar-refractivity contribution in [3.63, 3.8) is 0 Å². The molecule has 1 aromatic rings. The molecule has 118 valence electrons. The monoisotopic (exact) mass is 395 g/mol. The summed E-state index contributed by atoms with van der Waals surface area (Å²) in [5, 5.41) is 0. The Balaban J connectivity index is 1.99. The number of nitrogens with two attached hydrogens (primary N) is 1. The number of nitrogen functional groups attached to an aromatic ring is 1. The number of rotatable bonds is 6. The van der Waals surface area contributed by atoms with Crippen LogP contribution in [0, 0.1) is 0 Å². The number of anilines is 1. The summed E-state index contributed by atoms with van der Waals surface area (Å²) in [6, 6.07) is 1.47. The van der Waals surface area contributed by atoms with Crippen LogP contribution in [0.1, 0.15) is 0 Å². The van der Waals surface area contributed by atoms with Crippen molar-refractivity contribution >= 4 is 43.5 Å². The number of sulfonamides is 1. The summed E-state index contributed by atoms with van der Waals surface area (Å²) in [7, 11) is -3.64. The number of nitrogens with one attached hydrogen (secondary N) is 2. The summed E-state index contributed by atoms with van der Waals surface area (Å²) in [4.78, 5) is 6.23. The van der Waals surface area contributed by atoms with Crippen molar-refractivity contribution in [3.05, 3.63) is 16.7 Å². The molecule has 2 rings (SSSR count). The van der Waals surface area contributed by atoms with Crippen LogP contribution in [0.25, 0.3) is 0 Å². The Bertz CT molecular complexity index is 578. The Hall–Kier alpha value is -0.390. The van der Waals surface area contributed by atoms with Gasteiger partial charge in [0.05, 0.1) is 0 Å². The van der Waals surface area contributed by atoms with Crippen LogP contribution in [-0.2, 0) is 10.0 Å². The van der Waals surface area contributed by atoms with Crippen LogP contribution >= 0.6 is 27.7 Å². The number of thioether (sulfide) groups is 1. The first kappa shape index (κ1) is 17.0. The first-order valence-corrected chi connectivity index (χ1v) is 9.88. The van der Waals surface area contributed by atoms with Gasteiger partial charge in [0.25, 0.3) is 0 Å². The van der Waals surface area contributed by atoms with E-state index in [2.05, 4.69) is 36.0 Å². The summed E-state index contributed by atoms with van der Waals surface area (Å²) >= 11 is 5.14. The number of nitrogens with zero attached hydrogens (tertiary/aromatic N) is 2. The van der Waals surface area contributed by atoms with E-state index in [4.69, 9.17) is 5.84 Å². The molecule has 0 aliphatic carbocycles. The molecular formula is C11H18BrN5O2S2. The van der Waals surface area contributed by atoms with Crippen LogP contribution in [0.5, 0.6) is 0 Å². The third kappa shape index (κ3) is 4.80. The molecular weight excluding hydrogens is 378 g/mol. The Morgan fingerprint density at radius 3 is 2.81 bits per heavy atom. The molecule has 1 aliphatic heterocycles. The first-order chi connectivity index (χ1) is 10.0. The molecule has 7 nitrogen and oxygen atoms in total. The summed E-state index contributed by atoms with van der Waals surface area (Å²) < 4.78 is 27.8. The van der Waals surface area contributed by atoms with Crippen LogP contribution in [0.15, 0.2) is 21.6 Å². The average molecular weight is 396 g/mol. The van der Waals surface area contributed by atoms with Crippen molar-refractivity contribution < 1.29 is 8.42 Å². The predicted molar refractivity (Wildman–Crippen MR) is 88.7 cm³/mol. The summed E-state index contributed by atoms with van der Waals surface area (Å²) in [6.45, 7) is 3.07. The Morgan fingerprint density at radius 1 is 1.43 bits per heavy atom. The third-order valence-electron chi connectivity index (χ3n) is 3.07. The zero-order valence-corrected chi connectivity index (χ0v) is 14.6. The fourth-order valence-corrected chi connectivity index (χ4v) is 4.60. The van der Waals surface area contributed by atoms with Gasteiger partial charge >= 0.3 is 0 Å². The van der Waals surface area contributed by atoms with Crippen LogP contribution in [0.3, 0.4) is 0 Å². The second-order valence-electron chi connectivity index (χ2n) is 4.50. The minimum atomic E-state index is -3.64. The molecule has 0 saturated carbocycles. The maximum Gasteiger partial charge on any atom is 0.244 e. The van der Waals surface area contributed by atoms with E-state index in [1.807, 2.05) is 11.8 Å². The van der Waals surface area contributed by atoms with Crippen molar-refractivity contribution in [2.75, 3.05) is 43.1 Å². The number of hydrogen-bond donors (Lipinski definition) is 3. The number of hydrogen-bond acceptors (Lipinski definition) is 7. The SMILES string of the molecule is NNc1ncc(Br)cc1S(=O)(=O)NCCN1CCSCC1. The molecule has 1 aromatic heterocycles. The molecule has 10 heteroatoms. The molecule has 4 N–H and O–H groups in total. The zero-order valence-electron chi connectivity index (χ0n) is 11.4. The fourth-order valence-electron chi connectivity index (χ4n) is 1.97. The molecule has 21 heavy (non-hydrogen) atoms. The number of hydrazine groups is 1. The van der Waals surface area contributed by atoms with E-state index >= 15 is 0 Å². The minimum Gasteiger partial charge on any atom is -0.307 e. The molecule has 0 aromatic carbocycles. The number of halogens is 1. The van der Waals surface area contributed by atoms with Crippen molar-refractivity contribution in [2.45, 2.75) is 4.90 Å². The lowest BCUT2D eigenvalue weighted by molar-refractivity contribution is 0.307. The highest BCUT2D eigenvalue weighted by Crippen LogP contribution is 2.21. The van der Waals surface area contributed by atoms with Gasteiger partial charge in [0, 0.05) is 48.4 Å². The van der Waals surface area contributed by atoms with Gasteiger partial charge < -0.3 is 10.3 Å². The van der Waals surface area contributed by atoms with Crippen molar-refractivity contribution in [3.8, 4) is 0 Å². The largest absolute Gasteiger partial charge is 0.307 e. The molecule has 1 aliphatic rings. The second-order valence-corrected chi connectivity index (χ2v) is 8.37. The lowest BCUT2D eigenvalue weighted by Crippen LogP contribution is -2.39. The quantitative estimate of drug-likeness (QED) is 0.474. The van der Waals surface area contributed by atoms with E-state index < -0.39 is 10.0 Å². The Kier molecular flexibility index (Phi) is 6.26. The fraction of sp³-hybridized carbons (Fsp3) is 0.545. The second kappa shape index (κ2) is 7.75.